The lowest BCUT2D eigenvalue weighted by molar-refractivity contribution is -0.135. The molecule has 0 radical (unpaired) electrons. The number of nitrogens with one attached hydrogen (secondary N) is 2. The molecule has 114 valence electrons. The molecule has 2 N–H and O–H groups in total. The smallest absolute Gasteiger partial charge is 0.244 e. The Morgan fingerprint density at radius 3 is 2.70 bits per heavy atom. The van der Waals surface area contributed by atoms with E-state index in [9.17, 15) is 9.59 Å². The molecule has 5 heteroatoms. The molecular formula is C15H27N3O2. The Balaban J connectivity index is 1.82. The average Bonchev–Trinajstić information content (AvgIpc) is 3.00. The summed E-state index contributed by atoms with van der Waals surface area (Å²) in [5, 5.41) is 6.14. The third-order valence-electron chi connectivity index (χ3n) is 4.55. The second-order valence-electron chi connectivity index (χ2n) is 6.07. The Kier molecular flexibility index (Phi) is 5.40. The maximum Gasteiger partial charge on any atom is 0.244 e. The number of amides is 2. The molecule has 0 aliphatic carbocycles. The quantitative estimate of drug-likeness (QED) is 0.804. The fourth-order valence-electron chi connectivity index (χ4n) is 3.15. The maximum atomic E-state index is 12.2. The fraction of sp³-hybridized carbons (Fsp3) is 0.867. The summed E-state index contributed by atoms with van der Waals surface area (Å²) in [6, 6.07) is -0.549. The van der Waals surface area contributed by atoms with Crippen LogP contribution in [0, 0.1) is 5.92 Å². The Labute approximate surface area is 121 Å². The lowest BCUT2D eigenvalue weighted by Gasteiger charge is -2.30. The number of carbonyl (C=O) groups is 2. The molecule has 2 saturated heterocycles. The highest BCUT2D eigenvalue weighted by Crippen LogP contribution is 2.19. The third kappa shape index (κ3) is 3.72. The molecule has 0 spiro atoms. The monoisotopic (exact) mass is 281 g/mol. The van der Waals surface area contributed by atoms with Crippen LogP contribution in [0.4, 0.5) is 0 Å². The van der Waals surface area contributed by atoms with Crippen LogP contribution in [0.2, 0.25) is 0 Å². The van der Waals surface area contributed by atoms with Gasteiger partial charge in [-0.2, -0.15) is 0 Å². The molecule has 2 aliphatic rings. The summed E-state index contributed by atoms with van der Waals surface area (Å²) in [4.78, 5) is 26.3. The summed E-state index contributed by atoms with van der Waals surface area (Å²) < 4.78 is 0. The largest absolute Gasteiger partial charge is 0.343 e. The van der Waals surface area contributed by atoms with Gasteiger partial charge in [0.15, 0.2) is 0 Å². The van der Waals surface area contributed by atoms with Crippen LogP contribution < -0.4 is 10.6 Å². The van der Waals surface area contributed by atoms with E-state index in [-0.39, 0.29) is 17.9 Å². The van der Waals surface area contributed by atoms with Gasteiger partial charge in [0.1, 0.15) is 6.04 Å². The van der Waals surface area contributed by atoms with Gasteiger partial charge in [-0.1, -0.05) is 13.3 Å². The summed E-state index contributed by atoms with van der Waals surface area (Å²) >= 11 is 0. The summed E-state index contributed by atoms with van der Waals surface area (Å²) in [7, 11) is 0. The summed E-state index contributed by atoms with van der Waals surface area (Å²) in [6.07, 6.45) is 5.30. The summed E-state index contributed by atoms with van der Waals surface area (Å²) in [5.74, 6) is 0.651. The third-order valence-corrected chi connectivity index (χ3v) is 4.55. The van der Waals surface area contributed by atoms with Gasteiger partial charge in [0.05, 0.1) is 6.04 Å². The molecule has 0 aromatic rings. The van der Waals surface area contributed by atoms with E-state index in [0.717, 1.165) is 51.7 Å². The summed E-state index contributed by atoms with van der Waals surface area (Å²) in [6.45, 7) is 6.52. The van der Waals surface area contributed by atoms with Gasteiger partial charge in [-0.3, -0.25) is 9.59 Å². The van der Waals surface area contributed by atoms with Crippen molar-refractivity contribution in [2.75, 3.05) is 19.6 Å². The Hall–Kier alpha value is -1.10. The molecule has 0 saturated carbocycles. The van der Waals surface area contributed by atoms with Crippen molar-refractivity contribution in [3.63, 3.8) is 0 Å². The first-order valence-electron chi connectivity index (χ1n) is 7.94. The van der Waals surface area contributed by atoms with E-state index in [1.165, 1.54) is 0 Å². The van der Waals surface area contributed by atoms with E-state index in [2.05, 4.69) is 17.6 Å². The topological polar surface area (TPSA) is 61.4 Å². The molecule has 3 unspecified atom stereocenters. The van der Waals surface area contributed by atoms with Crippen LogP contribution >= 0.6 is 0 Å². The van der Waals surface area contributed by atoms with Gasteiger partial charge in [-0.05, 0) is 45.1 Å². The van der Waals surface area contributed by atoms with Gasteiger partial charge >= 0.3 is 0 Å². The molecule has 3 atom stereocenters. The average molecular weight is 281 g/mol. The van der Waals surface area contributed by atoms with Gasteiger partial charge in [0.25, 0.3) is 0 Å². The lowest BCUT2D eigenvalue weighted by atomic mass is 9.90. The van der Waals surface area contributed by atoms with Crippen molar-refractivity contribution in [3.05, 3.63) is 0 Å². The van der Waals surface area contributed by atoms with Crippen LogP contribution in [0.1, 0.15) is 46.0 Å². The molecule has 2 aliphatic heterocycles. The van der Waals surface area contributed by atoms with Gasteiger partial charge < -0.3 is 15.5 Å². The first kappa shape index (κ1) is 15.3. The summed E-state index contributed by atoms with van der Waals surface area (Å²) in [5.41, 5.74) is 0. The number of carbonyl (C=O) groups excluding carboxylic acids is 2. The standard InChI is InChI=1S/C15H27N3O2/c1-3-12-6-7-16-13(10-12)14(19)17-11(2)15(20)18-8-4-5-9-18/h11-13,16H,3-10H2,1-2H3,(H,17,19). The molecule has 0 aromatic carbocycles. The minimum atomic E-state index is -0.413. The maximum absolute atomic E-state index is 12.2. The van der Waals surface area contributed by atoms with E-state index < -0.39 is 6.04 Å². The van der Waals surface area contributed by atoms with Gasteiger partial charge in [0, 0.05) is 13.1 Å². The van der Waals surface area contributed by atoms with Crippen molar-refractivity contribution in [1.29, 1.82) is 0 Å². The fourth-order valence-corrected chi connectivity index (χ4v) is 3.15. The zero-order chi connectivity index (χ0) is 14.5. The van der Waals surface area contributed by atoms with E-state index in [4.69, 9.17) is 0 Å². The van der Waals surface area contributed by atoms with Gasteiger partial charge in [0.2, 0.25) is 11.8 Å². The van der Waals surface area contributed by atoms with Crippen molar-refractivity contribution in [2.24, 2.45) is 5.92 Å². The predicted octanol–water partition coefficient (Wildman–Crippen LogP) is 0.892. The molecule has 0 bridgehead atoms. The molecule has 2 fully saturated rings. The van der Waals surface area contributed by atoms with E-state index in [1.54, 1.807) is 6.92 Å². The number of piperidine rings is 1. The lowest BCUT2D eigenvalue weighted by Crippen LogP contribution is -2.54. The number of nitrogens with zero attached hydrogens (tertiary/aromatic N) is 1. The first-order chi connectivity index (χ1) is 9.61. The molecule has 0 aromatic heterocycles. The molecule has 2 amide bonds. The van der Waals surface area contributed by atoms with Crippen LogP contribution in [0.25, 0.3) is 0 Å². The van der Waals surface area contributed by atoms with Crippen molar-refractivity contribution in [1.82, 2.24) is 15.5 Å². The van der Waals surface area contributed by atoms with Crippen LogP contribution in [0.15, 0.2) is 0 Å². The second-order valence-corrected chi connectivity index (χ2v) is 6.07. The van der Waals surface area contributed by atoms with Crippen LogP contribution in [0.5, 0.6) is 0 Å². The minimum absolute atomic E-state index is 0.0248. The molecular weight excluding hydrogens is 254 g/mol. The normalized spacial score (nSPS) is 28.2. The number of rotatable bonds is 4. The van der Waals surface area contributed by atoms with Gasteiger partial charge in [-0.15, -0.1) is 0 Å². The molecule has 5 nitrogen and oxygen atoms in total. The SMILES string of the molecule is CCC1CCNC(C(=O)NC(C)C(=O)N2CCCC2)C1. The van der Waals surface area contributed by atoms with Crippen molar-refractivity contribution < 1.29 is 9.59 Å². The highest BCUT2D eigenvalue weighted by atomic mass is 16.2. The zero-order valence-electron chi connectivity index (χ0n) is 12.7. The Morgan fingerprint density at radius 2 is 2.05 bits per heavy atom. The molecule has 20 heavy (non-hydrogen) atoms. The molecule has 2 rings (SSSR count). The van der Waals surface area contributed by atoms with E-state index >= 15 is 0 Å². The highest BCUT2D eigenvalue weighted by molar-refractivity contribution is 5.89. The van der Waals surface area contributed by atoms with Gasteiger partial charge in [-0.25, -0.2) is 0 Å². The zero-order valence-corrected chi connectivity index (χ0v) is 12.7. The van der Waals surface area contributed by atoms with Crippen LogP contribution in [0.3, 0.4) is 0 Å². The first-order valence-corrected chi connectivity index (χ1v) is 7.94. The van der Waals surface area contributed by atoms with Crippen LogP contribution in [-0.4, -0.2) is 48.4 Å². The second kappa shape index (κ2) is 7.07. The van der Waals surface area contributed by atoms with Crippen molar-refractivity contribution in [2.45, 2.75) is 58.0 Å². The number of hydrogen-bond donors (Lipinski definition) is 2. The number of hydrogen-bond acceptors (Lipinski definition) is 3. The predicted molar refractivity (Wildman–Crippen MR) is 78.2 cm³/mol. The Morgan fingerprint density at radius 1 is 1.35 bits per heavy atom. The minimum Gasteiger partial charge on any atom is -0.343 e. The van der Waals surface area contributed by atoms with E-state index in [1.807, 2.05) is 4.90 Å². The highest BCUT2D eigenvalue weighted by Gasteiger charge is 2.29. The molecule has 2 heterocycles. The number of likely N-dealkylation sites (tertiary alicyclic amines) is 1. The van der Waals surface area contributed by atoms with E-state index in [0.29, 0.717) is 5.92 Å². The Bertz CT molecular complexity index is 353. The van der Waals surface area contributed by atoms with Crippen LogP contribution in [-0.2, 0) is 9.59 Å². The van der Waals surface area contributed by atoms with Crippen molar-refractivity contribution in [3.8, 4) is 0 Å². The van der Waals surface area contributed by atoms with Crippen molar-refractivity contribution >= 4 is 11.8 Å².